The Morgan fingerprint density at radius 2 is 0.875 bits per heavy atom. The molecule has 0 aliphatic heterocycles. The van der Waals surface area contributed by atoms with Gasteiger partial charge in [-0.3, -0.25) is 6.08 Å². The maximum atomic E-state index is 3.74. The van der Waals surface area contributed by atoms with E-state index in [1.807, 2.05) is 0 Å². The van der Waals surface area contributed by atoms with Crippen molar-refractivity contribution in [3.63, 3.8) is 0 Å². The van der Waals surface area contributed by atoms with E-state index in [1.54, 1.807) is 0 Å². The number of hydrogen-bond donors (Lipinski definition) is 0. The number of hydrogen-bond acceptors (Lipinski definition) is 0. The fraction of sp³-hybridized carbons (Fsp3) is 0.371. The van der Waals surface area contributed by atoms with Crippen molar-refractivity contribution < 1.29 is 58.9 Å². The third-order valence-corrected chi connectivity index (χ3v) is 12.6. The molecule has 0 radical (unpaired) electrons. The number of halogens is 3. The minimum atomic E-state index is -2.41. The van der Waals surface area contributed by atoms with Crippen LogP contribution in [0.1, 0.15) is 82.4 Å². The summed E-state index contributed by atoms with van der Waals surface area (Å²) in [7, 11) is -2.41. The van der Waals surface area contributed by atoms with Crippen LogP contribution in [0.5, 0.6) is 0 Å². The molecule has 0 saturated carbocycles. The zero-order chi connectivity index (χ0) is 25.2. The van der Waals surface area contributed by atoms with Crippen LogP contribution in [0.4, 0.5) is 0 Å². The molecule has 4 rings (SSSR count). The van der Waals surface area contributed by atoms with Crippen LogP contribution in [0.2, 0.25) is 0 Å². The van der Waals surface area contributed by atoms with Crippen molar-refractivity contribution in [1.29, 1.82) is 0 Å². The van der Waals surface area contributed by atoms with Crippen LogP contribution in [0.25, 0.3) is 0 Å². The van der Waals surface area contributed by atoms with E-state index < -0.39 is 8.07 Å². The van der Waals surface area contributed by atoms with Gasteiger partial charge in [0.05, 0.1) is 0 Å². The average molecular weight is 646 g/mol. The zero-order valence-electron chi connectivity index (χ0n) is 24.3. The van der Waals surface area contributed by atoms with Crippen LogP contribution < -0.4 is 52.8 Å². The number of rotatable bonds is 13. The standard InChI is InChI=1S/C35H43Si.3ClH.Ti/c1-4-7-12-29-17-23-33(24-18-29)36(32-15-10-11-16-32,34-25-19-30(20-26-34)13-8-5-2)35-27-21-31(22-28-35)14-9-6-3;;;;/h10-11,17-28H,4-9,12-15H2,1-3H3;3*1H;/q-1;;;;+4/p-3. The maximum absolute atomic E-state index is 3.74. The molecule has 5 heteroatoms. The summed E-state index contributed by atoms with van der Waals surface area (Å²) < 4.78 is 0. The van der Waals surface area contributed by atoms with Crippen molar-refractivity contribution in [3.05, 3.63) is 113 Å². The van der Waals surface area contributed by atoms with Gasteiger partial charge >= 0.3 is 21.7 Å². The fourth-order valence-electron chi connectivity index (χ4n) is 5.59. The van der Waals surface area contributed by atoms with Crippen molar-refractivity contribution >= 4 is 23.6 Å². The van der Waals surface area contributed by atoms with E-state index >= 15 is 0 Å². The van der Waals surface area contributed by atoms with Gasteiger partial charge in [-0.25, -0.2) is 12.2 Å². The summed E-state index contributed by atoms with van der Waals surface area (Å²) in [5, 5.41) is 5.93. The van der Waals surface area contributed by atoms with E-state index in [-0.39, 0.29) is 58.9 Å². The first kappa shape index (κ1) is 38.9. The van der Waals surface area contributed by atoms with Crippen LogP contribution in [-0.2, 0) is 41.0 Å². The van der Waals surface area contributed by atoms with Crippen molar-refractivity contribution in [2.45, 2.75) is 85.0 Å². The molecule has 0 bridgehead atoms. The van der Waals surface area contributed by atoms with Gasteiger partial charge in [0, 0.05) is 0 Å². The Labute approximate surface area is 278 Å². The second kappa shape index (κ2) is 20.0. The molecule has 0 saturated heterocycles. The summed E-state index contributed by atoms with van der Waals surface area (Å²) in [4.78, 5) is 0. The molecule has 0 N–H and O–H groups in total. The average Bonchev–Trinajstić information content (AvgIpc) is 3.47. The molecule has 3 aromatic carbocycles. The Hall–Kier alpha value is -1.06. The maximum Gasteiger partial charge on any atom is 4.00 e. The largest absolute Gasteiger partial charge is 4.00 e. The van der Waals surface area contributed by atoms with Crippen molar-refractivity contribution in [3.8, 4) is 0 Å². The van der Waals surface area contributed by atoms with Gasteiger partial charge in [-0.15, -0.1) is 0 Å². The molecule has 0 heterocycles. The van der Waals surface area contributed by atoms with Crippen molar-refractivity contribution in [1.82, 2.24) is 0 Å². The third-order valence-electron chi connectivity index (χ3n) is 7.77. The predicted octanol–water partition coefficient (Wildman–Crippen LogP) is -1.58. The molecule has 1 aliphatic rings. The van der Waals surface area contributed by atoms with Gasteiger partial charge < -0.3 is 37.2 Å². The minimum Gasteiger partial charge on any atom is -1.00 e. The molecular formula is C35H43Cl3SiTi. The Morgan fingerprint density at radius 3 is 1.12 bits per heavy atom. The normalized spacial score (nSPS) is 11.9. The molecule has 40 heavy (non-hydrogen) atoms. The van der Waals surface area contributed by atoms with E-state index in [9.17, 15) is 0 Å². The molecule has 0 unspecified atom stereocenters. The summed E-state index contributed by atoms with van der Waals surface area (Å²) in [6.07, 6.45) is 20.2. The van der Waals surface area contributed by atoms with E-state index in [0.717, 1.165) is 6.42 Å². The third kappa shape index (κ3) is 9.22. The molecule has 0 atom stereocenters. The summed E-state index contributed by atoms with van der Waals surface area (Å²) in [6.45, 7) is 6.82. The van der Waals surface area contributed by atoms with Gasteiger partial charge in [-0.2, -0.15) is 5.20 Å². The molecule has 0 spiro atoms. The molecule has 0 nitrogen and oxygen atoms in total. The van der Waals surface area contributed by atoms with Crippen LogP contribution in [0, 0.1) is 6.08 Å². The van der Waals surface area contributed by atoms with Crippen molar-refractivity contribution in [2.24, 2.45) is 0 Å². The van der Waals surface area contributed by atoms with E-state index in [0.29, 0.717) is 0 Å². The topological polar surface area (TPSA) is 0 Å². The quantitative estimate of drug-likeness (QED) is 0.120. The summed E-state index contributed by atoms with van der Waals surface area (Å²) >= 11 is 0. The Morgan fingerprint density at radius 1 is 0.550 bits per heavy atom. The summed E-state index contributed by atoms with van der Waals surface area (Å²) in [5.74, 6) is 0. The van der Waals surface area contributed by atoms with Crippen LogP contribution in [0.15, 0.2) is 90.1 Å². The second-order valence-electron chi connectivity index (χ2n) is 10.4. The van der Waals surface area contributed by atoms with E-state index in [4.69, 9.17) is 0 Å². The molecule has 0 fully saturated rings. The number of benzene rings is 3. The molecule has 3 aromatic rings. The second-order valence-corrected chi connectivity index (χ2v) is 14.2. The van der Waals surface area contributed by atoms with Crippen molar-refractivity contribution in [2.75, 3.05) is 0 Å². The van der Waals surface area contributed by atoms with Gasteiger partial charge in [-0.1, -0.05) is 119 Å². The summed E-state index contributed by atoms with van der Waals surface area (Å²) in [5.41, 5.74) is 4.36. The van der Waals surface area contributed by atoms with E-state index in [1.165, 1.54) is 95.2 Å². The first-order valence-electron chi connectivity index (χ1n) is 14.3. The van der Waals surface area contributed by atoms with Gasteiger partial charge in [-0.05, 0) is 70.8 Å². The summed E-state index contributed by atoms with van der Waals surface area (Å²) in [6, 6.07) is 29.0. The zero-order valence-corrected chi connectivity index (χ0v) is 29.1. The first-order chi connectivity index (χ1) is 17.7. The SMILES string of the molecule is CCCCc1ccc([Si](C2=[C-]C=CC2)(c2ccc(CCCC)cc2)c2ccc(CCCC)cc2)cc1.[Cl-].[Cl-].[Cl-].[Ti+4]. The number of allylic oxidation sites excluding steroid dienone is 4. The van der Waals surface area contributed by atoms with Gasteiger partial charge in [0.1, 0.15) is 0 Å². The Kier molecular flexibility index (Phi) is 19.4. The number of aryl methyl sites for hydroxylation is 3. The molecule has 1 aliphatic carbocycles. The monoisotopic (exact) mass is 644 g/mol. The molecule has 0 amide bonds. The van der Waals surface area contributed by atoms with Crippen LogP contribution >= 0.6 is 0 Å². The predicted molar refractivity (Wildman–Crippen MR) is 160 cm³/mol. The molecule has 212 valence electrons. The minimum absolute atomic E-state index is 0. The molecule has 0 aromatic heterocycles. The first-order valence-corrected chi connectivity index (χ1v) is 16.3. The van der Waals surface area contributed by atoms with Gasteiger partial charge in [0.25, 0.3) is 0 Å². The van der Waals surface area contributed by atoms with Gasteiger partial charge in [0.2, 0.25) is 0 Å². The Bertz CT molecular complexity index is 1030. The van der Waals surface area contributed by atoms with Crippen LogP contribution in [0.3, 0.4) is 0 Å². The smallest absolute Gasteiger partial charge is 1.00 e. The number of unbranched alkanes of at least 4 members (excludes halogenated alkanes) is 3. The van der Waals surface area contributed by atoms with Crippen LogP contribution in [-0.4, -0.2) is 8.07 Å². The fourth-order valence-corrected chi connectivity index (χ4v) is 10.4. The Balaban J connectivity index is 0.00000380. The molecular weight excluding hydrogens is 603 g/mol. The van der Waals surface area contributed by atoms with E-state index in [2.05, 4.69) is 112 Å². The van der Waals surface area contributed by atoms with Gasteiger partial charge in [0.15, 0.2) is 8.07 Å².